The fraction of sp³-hybridized carbons (Fsp3) is 0.731. The molecule has 0 spiro atoms. The summed E-state index contributed by atoms with van der Waals surface area (Å²) in [5, 5.41) is 25.7. The molecular formula is C52H80N2O11. The molecular weight excluding hydrogens is 829 g/mol. The standard InChI is InChI=1S/C52H80N2O11/c1-11-39-25-32(3)24-33(4)26-45(61-9)48-46(62-10)28-36(7)52(60,65-48)49(57)50(58)54-23-13-12-14-42(54)51(59)64-47(34(5)17-22-43(39)56)35(6)27-38-18-21-41(53-30-37(8)55)44(29-38)63-40-19-15-31(2)16-20-40/h15-16,19-20,25,27,33-34,36-39,41-42,44-48,53,55,60H,11-14,17-18,21-24,26,28-30H2,1-10H3/b32-25+,35-27?/t33?,34?,36?,37-,38?,39?,41?,42?,44?,45?,46?,47?,48?,52?/m0/s1. The maximum absolute atomic E-state index is 14.6. The van der Waals surface area contributed by atoms with Gasteiger partial charge in [0, 0.05) is 51.6 Å². The first-order chi connectivity index (χ1) is 30.9. The minimum atomic E-state index is -2.48. The number of ketones is 2. The first kappa shape index (κ1) is 52.5. The van der Waals surface area contributed by atoms with Gasteiger partial charge in [-0.05, 0) is 134 Å². The average molecular weight is 909 g/mol. The summed E-state index contributed by atoms with van der Waals surface area (Å²) in [6.07, 6.45) is 7.57. The van der Waals surface area contributed by atoms with Crippen molar-refractivity contribution in [1.82, 2.24) is 10.2 Å². The molecule has 3 aliphatic heterocycles. The summed E-state index contributed by atoms with van der Waals surface area (Å²) in [7, 11) is 3.11. The zero-order chi connectivity index (χ0) is 47.6. The maximum atomic E-state index is 14.6. The van der Waals surface area contributed by atoms with Crippen LogP contribution in [-0.2, 0) is 38.1 Å². The van der Waals surface area contributed by atoms with Crippen LogP contribution in [0, 0.1) is 36.5 Å². The fourth-order valence-corrected chi connectivity index (χ4v) is 10.6. The van der Waals surface area contributed by atoms with E-state index in [9.17, 15) is 29.4 Å². The van der Waals surface area contributed by atoms with Gasteiger partial charge in [-0.1, -0.05) is 63.1 Å². The average Bonchev–Trinajstić information content (AvgIpc) is 3.28. The van der Waals surface area contributed by atoms with E-state index in [0.717, 1.165) is 35.3 Å². The Morgan fingerprint density at radius 3 is 2.31 bits per heavy atom. The van der Waals surface area contributed by atoms with E-state index in [2.05, 4.69) is 24.4 Å². The van der Waals surface area contributed by atoms with Crippen LogP contribution in [0.25, 0.3) is 0 Å². The van der Waals surface area contributed by atoms with Crippen molar-refractivity contribution in [3.63, 3.8) is 0 Å². The number of aliphatic hydroxyl groups is 2. The Balaban J connectivity index is 1.48. The molecule has 2 saturated heterocycles. The number of carbonyl (C=O) groups excluding carboxylic acids is 4. The highest BCUT2D eigenvalue weighted by Gasteiger charge is 2.56. The molecule has 1 aliphatic carbocycles. The zero-order valence-corrected chi connectivity index (χ0v) is 40.9. The molecule has 1 aromatic rings. The van der Waals surface area contributed by atoms with E-state index in [1.807, 2.05) is 58.9 Å². The number of hydrogen-bond donors (Lipinski definition) is 3. The summed E-state index contributed by atoms with van der Waals surface area (Å²) in [6, 6.07) is 6.95. The summed E-state index contributed by atoms with van der Waals surface area (Å²) >= 11 is 0. The van der Waals surface area contributed by atoms with E-state index in [0.29, 0.717) is 64.3 Å². The van der Waals surface area contributed by atoms with Crippen LogP contribution in [0.2, 0.25) is 0 Å². The van der Waals surface area contributed by atoms with Crippen LogP contribution >= 0.6 is 0 Å². The van der Waals surface area contributed by atoms with Gasteiger partial charge in [0.15, 0.2) is 0 Å². The van der Waals surface area contributed by atoms with Gasteiger partial charge in [-0.3, -0.25) is 14.4 Å². The number of esters is 1. The second-order valence-corrected chi connectivity index (χ2v) is 20.0. The molecule has 1 aromatic carbocycles. The van der Waals surface area contributed by atoms with Crippen LogP contribution in [0.15, 0.2) is 47.6 Å². The minimum absolute atomic E-state index is 0.0199. The Labute approximate surface area is 388 Å². The molecule has 3 fully saturated rings. The summed E-state index contributed by atoms with van der Waals surface area (Å²) in [6.45, 7) is 16.2. The Morgan fingerprint density at radius 2 is 1.65 bits per heavy atom. The molecule has 364 valence electrons. The van der Waals surface area contributed by atoms with Crippen LogP contribution in [0.4, 0.5) is 0 Å². The molecule has 3 heterocycles. The van der Waals surface area contributed by atoms with Crippen LogP contribution in [0.5, 0.6) is 5.75 Å². The number of rotatable bonds is 10. The molecule has 3 N–H and O–H groups in total. The monoisotopic (exact) mass is 909 g/mol. The summed E-state index contributed by atoms with van der Waals surface area (Å²) in [4.78, 5) is 58.6. The quantitative estimate of drug-likeness (QED) is 0.123. The number of piperidine rings is 1. The van der Waals surface area contributed by atoms with E-state index in [4.69, 9.17) is 23.7 Å². The van der Waals surface area contributed by atoms with Gasteiger partial charge in [-0.25, -0.2) is 4.79 Å². The van der Waals surface area contributed by atoms with Crippen LogP contribution in [0.3, 0.4) is 0 Å². The Kier molecular flexibility index (Phi) is 19.4. The summed E-state index contributed by atoms with van der Waals surface area (Å²) < 4.78 is 31.2. The first-order valence-electron chi connectivity index (χ1n) is 24.4. The van der Waals surface area contributed by atoms with Crippen molar-refractivity contribution in [1.29, 1.82) is 0 Å². The van der Waals surface area contributed by atoms with E-state index < -0.39 is 65.9 Å². The van der Waals surface area contributed by atoms with Gasteiger partial charge in [-0.2, -0.15) is 0 Å². The van der Waals surface area contributed by atoms with E-state index in [1.165, 1.54) is 4.90 Å². The van der Waals surface area contributed by atoms with Gasteiger partial charge in [0.2, 0.25) is 5.79 Å². The Morgan fingerprint density at radius 1 is 0.954 bits per heavy atom. The number of nitrogens with one attached hydrogen (secondary N) is 1. The molecule has 13 heteroatoms. The summed E-state index contributed by atoms with van der Waals surface area (Å²) in [5.41, 5.74) is 3.06. The third kappa shape index (κ3) is 13.6. The number of aliphatic hydroxyl groups excluding tert-OH is 1. The largest absolute Gasteiger partial charge is 0.489 e. The van der Waals surface area contributed by atoms with E-state index in [-0.39, 0.29) is 54.6 Å². The highest BCUT2D eigenvalue weighted by Crippen LogP contribution is 2.39. The van der Waals surface area contributed by atoms with Crippen LogP contribution in [-0.4, -0.2) is 120 Å². The number of benzene rings is 1. The molecule has 5 rings (SSSR count). The second-order valence-electron chi connectivity index (χ2n) is 20.0. The molecule has 14 atom stereocenters. The molecule has 4 aliphatic rings. The number of cyclic esters (lactones) is 1. The molecule has 1 amide bonds. The van der Waals surface area contributed by atoms with Crippen LogP contribution < -0.4 is 10.1 Å². The maximum Gasteiger partial charge on any atom is 0.329 e. The number of ether oxygens (including phenoxy) is 5. The Hall–Kier alpha value is -3.46. The summed E-state index contributed by atoms with van der Waals surface area (Å²) in [5.74, 6) is -5.49. The van der Waals surface area contributed by atoms with Crippen molar-refractivity contribution in [2.45, 2.75) is 187 Å². The lowest BCUT2D eigenvalue weighted by Gasteiger charge is -2.47. The number of methoxy groups -OCH3 is 2. The lowest BCUT2D eigenvalue weighted by atomic mass is 9.81. The highest BCUT2D eigenvalue weighted by molar-refractivity contribution is 6.39. The number of aryl methyl sites for hydroxylation is 1. The highest BCUT2D eigenvalue weighted by atomic mass is 16.7. The predicted octanol–water partition coefficient (Wildman–Crippen LogP) is 7.22. The SMILES string of the molecule is CCC1/C=C(\C)CC(C)CC(OC)C2OC(O)(C(=O)C(=O)N3CCCCC3C(=O)OC(C(C)=CC3CCC(NC[C@H](C)O)C(Oc4ccc(C)cc4)C3)C(C)CCC1=O)C(C)CC2OC. The number of carbonyl (C=O) groups is 4. The van der Waals surface area contributed by atoms with Gasteiger partial charge in [0.1, 0.15) is 35.9 Å². The number of allylic oxidation sites excluding steroid dienone is 3. The molecule has 0 aromatic heterocycles. The molecule has 65 heavy (non-hydrogen) atoms. The number of hydrogen-bond acceptors (Lipinski definition) is 12. The lowest BCUT2D eigenvalue weighted by Crippen LogP contribution is -2.64. The number of amides is 1. The topological polar surface area (TPSA) is 170 Å². The minimum Gasteiger partial charge on any atom is -0.489 e. The second kappa shape index (κ2) is 24.0. The van der Waals surface area contributed by atoms with Gasteiger partial charge in [0.05, 0.1) is 18.3 Å². The van der Waals surface area contributed by atoms with Gasteiger partial charge in [0.25, 0.3) is 11.7 Å². The van der Waals surface area contributed by atoms with E-state index in [1.54, 1.807) is 28.1 Å². The molecule has 13 nitrogen and oxygen atoms in total. The molecule has 2 bridgehead atoms. The van der Waals surface area contributed by atoms with Crippen molar-refractivity contribution >= 4 is 23.4 Å². The van der Waals surface area contributed by atoms with Crippen molar-refractivity contribution in [3.8, 4) is 5.75 Å². The molecule has 0 radical (unpaired) electrons. The van der Waals surface area contributed by atoms with E-state index >= 15 is 0 Å². The number of fused-ring (bicyclic) bond motifs is 3. The van der Waals surface area contributed by atoms with Crippen molar-refractivity contribution in [2.75, 3.05) is 27.3 Å². The van der Waals surface area contributed by atoms with Crippen LogP contribution in [0.1, 0.15) is 131 Å². The first-order valence-corrected chi connectivity index (χ1v) is 24.4. The lowest BCUT2D eigenvalue weighted by molar-refractivity contribution is -0.302. The van der Waals surface area contributed by atoms with Gasteiger partial charge >= 0.3 is 5.97 Å². The number of Topliss-reactive ketones (excluding diaryl/α,β-unsaturated/α-hetero) is 2. The third-order valence-electron chi connectivity index (χ3n) is 14.5. The van der Waals surface area contributed by atoms with Crippen molar-refractivity contribution in [2.24, 2.45) is 29.6 Å². The molecule has 1 saturated carbocycles. The zero-order valence-electron chi connectivity index (χ0n) is 40.9. The fourth-order valence-electron chi connectivity index (χ4n) is 10.6. The predicted molar refractivity (Wildman–Crippen MR) is 249 cm³/mol. The van der Waals surface area contributed by atoms with Gasteiger partial charge in [-0.15, -0.1) is 0 Å². The third-order valence-corrected chi connectivity index (χ3v) is 14.5. The molecule has 13 unspecified atom stereocenters. The smallest absolute Gasteiger partial charge is 0.329 e. The van der Waals surface area contributed by atoms with Gasteiger partial charge < -0.3 is 44.1 Å². The van der Waals surface area contributed by atoms with Crippen molar-refractivity contribution < 1.29 is 53.1 Å². The van der Waals surface area contributed by atoms with Crippen molar-refractivity contribution in [3.05, 3.63) is 53.1 Å². The number of nitrogens with zero attached hydrogens (tertiary/aromatic N) is 1. The Bertz CT molecular complexity index is 1810. The normalized spacial score (nSPS) is 36.7.